The molecular weight excluding hydrogens is 471 g/mol. The van der Waals surface area contributed by atoms with Crippen molar-refractivity contribution < 1.29 is 31.5 Å². The quantitative estimate of drug-likeness (QED) is 0.544. The molecule has 0 aliphatic carbocycles. The molecule has 0 spiro atoms. The monoisotopic (exact) mass is 492 g/mol. The van der Waals surface area contributed by atoms with E-state index in [1.165, 1.54) is 17.0 Å². The van der Waals surface area contributed by atoms with E-state index in [1.807, 2.05) is 4.90 Å². The van der Waals surface area contributed by atoms with Gasteiger partial charge in [-0.15, -0.1) is 0 Å². The minimum Gasteiger partial charge on any atom is -0.435 e. The van der Waals surface area contributed by atoms with Crippen LogP contribution in [0.25, 0.3) is 0 Å². The summed E-state index contributed by atoms with van der Waals surface area (Å²) in [7, 11) is 1.65. The molecule has 12 heteroatoms. The molecule has 0 atom stereocenters. The smallest absolute Gasteiger partial charge is 0.417 e. The van der Waals surface area contributed by atoms with Gasteiger partial charge in [-0.3, -0.25) is 9.69 Å². The van der Waals surface area contributed by atoms with Crippen molar-refractivity contribution >= 4 is 23.3 Å². The number of anilines is 1. The van der Waals surface area contributed by atoms with Crippen molar-refractivity contribution in [1.29, 1.82) is 0 Å². The predicted molar refractivity (Wildman–Crippen MR) is 112 cm³/mol. The first kappa shape index (κ1) is 25.0. The fourth-order valence-electron chi connectivity index (χ4n) is 3.39. The third-order valence-corrected chi connectivity index (χ3v) is 5.45. The molecule has 180 valence electrons. The van der Waals surface area contributed by atoms with Gasteiger partial charge < -0.3 is 14.5 Å². The van der Waals surface area contributed by atoms with Crippen LogP contribution in [0.15, 0.2) is 36.5 Å². The lowest BCUT2D eigenvalue weighted by atomic mass is 10.2. The number of hydrogen-bond acceptors (Lipinski definition) is 5. The molecule has 2 heterocycles. The summed E-state index contributed by atoms with van der Waals surface area (Å²) in [5, 5.41) is -0.0703. The summed E-state index contributed by atoms with van der Waals surface area (Å²) in [6, 6.07) is 6.92. The van der Waals surface area contributed by atoms with Crippen molar-refractivity contribution in [2.45, 2.75) is 19.3 Å². The van der Waals surface area contributed by atoms with Crippen LogP contribution in [0.1, 0.15) is 11.1 Å². The van der Waals surface area contributed by atoms with Gasteiger partial charge in [-0.05, 0) is 23.8 Å². The van der Waals surface area contributed by atoms with E-state index in [0.29, 0.717) is 32.7 Å². The van der Waals surface area contributed by atoms with Gasteiger partial charge in [-0.2, -0.15) is 22.0 Å². The molecule has 1 amide bonds. The Kier molecular flexibility index (Phi) is 7.96. The van der Waals surface area contributed by atoms with E-state index < -0.39 is 18.4 Å². The zero-order chi connectivity index (χ0) is 24.2. The molecule has 1 aliphatic rings. The van der Waals surface area contributed by atoms with Crippen molar-refractivity contribution in [3.8, 4) is 5.75 Å². The molecule has 1 fully saturated rings. The number of aromatic nitrogens is 1. The predicted octanol–water partition coefficient (Wildman–Crippen LogP) is 4.14. The van der Waals surface area contributed by atoms with Crippen LogP contribution >= 0.6 is 11.6 Å². The zero-order valence-corrected chi connectivity index (χ0v) is 18.4. The average molecular weight is 493 g/mol. The molecule has 0 N–H and O–H groups in total. The number of ether oxygens (including phenoxy) is 1. The molecule has 0 saturated carbocycles. The number of nitrogens with zero attached hydrogens (tertiary/aromatic N) is 4. The lowest BCUT2D eigenvalue weighted by molar-refractivity contribution is -0.137. The van der Waals surface area contributed by atoms with Gasteiger partial charge in [0.1, 0.15) is 11.6 Å². The van der Waals surface area contributed by atoms with Crippen molar-refractivity contribution in [2.24, 2.45) is 0 Å². The second-order valence-corrected chi connectivity index (χ2v) is 7.97. The highest BCUT2D eigenvalue weighted by molar-refractivity contribution is 6.33. The van der Waals surface area contributed by atoms with E-state index in [9.17, 15) is 26.7 Å². The van der Waals surface area contributed by atoms with E-state index >= 15 is 0 Å². The van der Waals surface area contributed by atoms with Gasteiger partial charge in [0.15, 0.2) is 0 Å². The van der Waals surface area contributed by atoms with E-state index in [-0.39, 0.29) is 29.0 Å². The van der Waals surface area contributed by atoms with E-state index in [2.05, 4.69) is 9.72 Å². The van der Waals surface area contributed by atoms with Gasteiger partial charge in [0.05, 0.1) is 17.1 Å². The number of amides is 1. The Morgan fingerprint density at radius 3 is 2.36 bits per heavy atom. The normalized spacial score (nSPS) is 15.1. The lowest BCUT2D eigenvalue weighted by Gasteiger charge is -2.36. The van der Waals surface area contributed by atoms with Crippen LogP contribution in [-0.2, 0) is 17.5 Å². The average Bonchev–Trinajstić information content (AvgIpc) is 2.74. The van der Waals surface area contributed by atoms with Gasteiger partial charge in [-0.1, -0.05) is 23.7 Å². The van der Waals surface area contributed by atoms with Crippen LogP contribution in [0, 0.1) is 0 Å². The third kappa shape index (κ3) is 6.91. The summed E-state index contributed by atoms with van der Waals surface area (Å²) in [5.74, 6) is 0.206. The summed E-state index contributed by atoms with van der Waals surface area (Å²) in [5.41, 5.74) is -0.139. The Balaban J connectivity index is 1.49. The van der Waals surface area contributed by atoms with Crippen LogP contribution in [0.2, 0.25) is 5.02 Å². The van der Waals surface area contributed by atoms with E-state index in [1.54, 1.807) is 24.1 Å². The Labute approximate surface area is 192 Å². The van der Waals surface area contributed by atoms with Gasteiger partial charge in [0.25, 0.3) is 0 Å². The standard InChI is InChI=1S/C21H22ClF5N4O2/c1-29(12-14-2-4-16(5-3-14)33-20(23)24)18(32)13-30-6-8-31(9-7-30)19-17(22)10-15(11-28-19)21(25,26)27/h2-5,10-11,20H,6-9,12-13H2,1H3. The molecule has 1 aliphatic heterocycles. The molecule has 0 unspecified atom stereocenters. The number of likely N-dealkylation sites (N-methyl/N-ethyl adjacent to an activating group) is 1. The molecule has 1 saturated heterocycles. The summed E-state index contributed by atoms with van der Waals surface area (Å²) in [4.78, 5) is 21.7. The number of piperazine rings is 1. The molecule has 3 rings (SSSR count). The first-order valence-electron chi connectivity index (χ1n) is 10.0. The highest BCUT2D eigenvalue weighted by Crippen LogP contribution is 2.33. The SMILES string of the molecule is CN(Cc1ccc(OC(F)F)cc1)C(=O)CN1CCN(c2ncc(C(F)(F)F)cc2Cl)CC1. The van der Waals surface area contributed by atoms with Crippen molar-refractivity contribution in [3.05, 3.63) is 52.7 Å². The fraction of sp³-hybridized carbons (Fsp3) is 0.429. The Morgan fingerprint density at radius 1 is 1.18 bits per heavy atom. The number of carbonyl (C=O) groups excluding carboxylic acids is 1. The number of carbonyl (C=O) groups is 1. The number of rotatable bonds is 7. The topological polar surface area (TPSA) is 48.9 Å². The molecular formula is C21H22ClF5N4O2. The lowest BCUT2D eigenvalue weighted by Crippen LogP contribution is -2.50. The molecule has 1 aromatic heterocycles. The number of halogens is 6. The molecule has 2 aromatic rings. The second kappa shape index (κ2) is 10.5. The fourth-order valence-corrected chi connectivity index (χ4v) is 3.67. The molecule has 0 radical (unpaired) electrons. The van der Waals surface area contributed by atoms with Crippen molar-refractivity contribution in [3.63, 3.8) is 0 Å². The Morgan fingerprint density at radius 2 is 1.82 bits per heavy atom. The molecule has 33 heavy (non-hydrogen) atoms. The maximum absolute atomic E-state index is 12.8. The summed E-state index contributed by atoms with van der Waals surface area (Å²) < 4.78 is 67.1. The van der Waals surface area contributed by atoms with Crippen LogP contribution < -0.4 is 9.64 Å². The van der Waals surface area contributed by atoms with Crippen LogP contribution in [0.4, 0.5) is 27.8 Å². The molecule has 6 nitrogen and oxygen atoms in total. The summed E-state index contributed by atoms with van der Waals surface area (Å²) in [6.07, 6.45) is -3.75. The summed E-state index contributed by atoms with van der Waals surface area (Å²) >= 11 is 6.02. The first-order valence-corrected chi connectivity index (χ1v) is 10.4. The maximum atomic E-state index is 12.8. The van der Waals surface area contributed by atoms with E-state index in [4.69, 9.17) is 11.6 Å². The zero-order valence-electron chi connectivity index (χ0n) is 17.7. The van der Waals surface area contributed by atoms with Gasteiger partial charge in [0.2, 0.25) is 5.91 Å². The van der Waals surface area contributed by atoms with Crippen LogP contribution in [0.3, 0.4) is 0 Å². The van der Waals surface area contributed by atoms with Crippen molar-refractivity contribution in [2.75, 3.05) is 44.7 Å². The highest BCUT2D eigenvalue weighted by Gasteiger charge is 2.32. The number of alkyl halides is 5. The second-order valence-electron chi connectivity index (χ2n) is 7.56. The molecule has 1 aromatic carbocycles. The number of hydrogen-bond donors (Lipinski definition) is 0. The summed E-state index contributed by atoms with van der Waals surface area (Å²) in [6.45, 7) is -0.478. The third-order valence-electron chi connectivity index (χ3n) is 5.17. The Bertz CT molecular complexity index is 951. The Hall–Kier alpha value is -2.66. The minimum atomic E-state index is -4.51. The van der Waals surface area contributed by atoms with Crippen LogP contribution in [0.5, 0.6) is 5.75 Å². The minimum absolute atomic E-state index is 0.0447. The first-order chi connectivity index (χ1) is 15.5. The van der Waals surface area contributed by atoms with Crippen LogP contribution in [-0.4, -0.2) is 67.1 Å². The van der Waals surface area contributed by atoms with Gasteiger partial charge in [-0.25, -0.2) is 4.98 Å². The largest absolute Gasteiger partial charge is 0.435 e. The highest BCUT2D eigenvalue weighted by atomic mass is 35.5. The number of benzene rings is 1. The van der Waals surface area contributed by atoms with Gasteiger partial charge in [0, 0.05) is 46.0 Å². The van der Waals surface area contributed by atoms with Gasteiger partial charge >= 0.3 is 12.8 Å². The number of pyridine rings is 1. The van der Waals surface area contributed by atoms with Crippen molar-refractivity contribution in [1.82, 2.24) is 14.8 Å². The maximum Gasteiger partial charge on any atom is 0.417 e. The van der Waals surface area contributed by atoms with E-state index in [0.717, 1.165) is 17.8 Å². The molecule has 0 bridgehead atoms.